The van der Waals surface area contributed by atoms with E-state index in [1.165, 1.54) is 26.9 Å². The van der Waals surface area contributed by atoms with Gasteiger partial charge in [0.15, 0.2) is 5.06 Å². The number of hydrogen-bond donors (Lipinski definition) is 0. The smallest absolute Gasteiger partial charge is 0.212 e. The number of halogens is 1. The van der Waals surface area contributed by atoms with Crippen molar-refractivity contribution in [1.29, 1.82) is 0 Å². The van der Waals surface area contributed by atoms with E-state index in [4.69, 9.17) is 16.3 Å². The highest BCUT2D eigenvalue weighted by Gasteiger charge is 2.58. The largest absolute Gasteiger partial charge is 0.453 e. The Labute approximate surface area is 156 Å². The highest BCUT2D eigenvalue weighted by atomic mass is 35.5. The molecular formula is C21H18ClNOS. The lowest BCUT2D eigenvalue weighted by Crippen LogP contribution is -2.58. The number of benzene rings is 2. The van der Waals surface area contributed by atoms with Crippen LogP contribution in [0.3, 0.4) is 0 Å². The van der Waals surface area contributed by atoms with E-state index in [0.717, 1.165) is 10.1 Å². The number of ether oxygens (including phenoxy) is 1. The van der Waals surface area contributed by atoms with E-state index < -0.39 is 5.72 Å². The third-order valence-electron chi connectivity index (χ3n) is 5.71. The second kappa shape index (κ2) is 4.80. The summed E-state index contributed by atoms with van der Waals surface area (Å²) in [6.45, 7) is 4.46. The van der Waals surface area contributed by atoms with Crippen LogP contribution in [0.5, 0.6) is 5.06 Å². The molecule has 126 valence electrons. The number of fused-ring (bicyclic) bond motifs is 4. The summed E-state index contributed by atoms with van der Waals surface area (Å²) in [6.07, 6.45) is 4.44. The lowest BCUT2D eigenvalue weighted by atomic mass is 9.76. The molecule has 0 saturated heterocycles. The minimum absolute atomic E-state index is 0.230. The van der Waals surface area contributed by atoms with Gasteiger partial charge < -0.3 is 9.64 Å². The molecule has 4 heteroatoms. The molecule has 0 bridgehead atoms. The van der Waals surface area contributed by atoms with Crippen molar-refractivity contribution in [3.05, 3.63) is 64.7 Å². The summed E-state index contributed by atoms with van der Waals surface area (Å²) < 4.78 is 7.99. The maximum atomic E-state index is 6.73. The van der Waals surface area contributed by atoms with Crippen molar-refractivity contribution in [2.45, 2.75) is 25.0 Å². The summed E-state index contributed by atoms with van der Waals surface area (Å²) in [5, 5.41) is 3.01. The van der Waals surface area contributed by atoms with E-state index in [2.05, 4.69) is 74.3 Å². The third kappa shape index (κ3) is 1.80. The van der Waals surface area contributed by atoms with Crippen molar-refractivity contribution >= 4 is 44.8 Å². The van der Waals surface area contributed by atoms with Crippen molar-refractivity contribution in [1.82, 2.24) is 0 Å². The summed E-state index contributed by atoms with van der Waals surface area (Å²) in [7, 11) is 2.10. The van der Waals surface area contributed by atoms with Gasteiger partial charge in [0.25, 0.3) is 0 Å². The molecule has 2 nitrogen and oxygen atoms in total. The lowest BCUT2D eigenvalue weighted by molar-refractivity contribution is 0.0625. The molecule has 1 spiro atoms. The van der Waals surface area contributed by atoms with Crippen LogP contribution in [0.1, 0.15) is 25.0 Å². The van der Waals surface area contributed by atoms with Gasteiger partial charge in [-0.15, -0.1) is 0 Å². The monoisotopic (exact) mass is 367 g/mol. The fourth-order valence-corrected chi connectivity index (χ4v) is 5.52. The normalized spacial score (nSPS) is 23.0. The number of thiophene rings is 1. The fraction of sp³-hybridized carbons (Fsp3) is 0.238. The standard InChI is InChI=1S/C21H18ClNOS/c1-20(2)16-12-13(22)8-9-17(16)23(3)21(20)11-10-15-14-6-4-5-7-18(14)25-19(15)24-21/h4-12H,1-3H3. The van der Waals surface area contributed by atoms with E-state index in [1.807, 2.05) is 6.07 Å². The van der Waals surface area contributed by atoms with Crippen molar-refractivity contribution in [2.24, 2.45) is 0 Å². The van der Waals surface area contributed by atoms with Crippen molar-refractivity contribution in [3.8, 4) is 5.06 Å². The summed E-state index contributed by atoms with van der Waals surface area (Å²) in [5.41, 5.74) is 2.80. The molecule has 0 fully saturated rings. The van der Waals surface area contributed by atoms with Crippen LogP contribution in [-0.4, -0.2) is 12.8 Å². The zero-order chi connectivity index (χ0) is 17.4. The molecule has 0 radical (unpaired) electrons. The van der Waals surface area contributed by atoms with Gasteiger partial charge in [0.05, 0.1) is 5.41 Å². The van der Waals surface area contributed by atoms with Gasteiger partial charge in [-0.2, -0.15) is 0 Å². The number of likely N-dealkylation sites (N-methyl/N-ethyl adjacent to an activating group) is 1. The van der Waals surface area contributed by atoms with Crippen LogP contribution in [0.25, 0.3) is 16.2 Å². The predicted molar refractivity (Wildman–Crippen MR) is 107 cm³/mol. The lowest BCUT2D eigenvalue weighted by Gasteiger charge is -2.45. The Morgan fingerprint density at radius 2 is 1.92 bits per heavy atom. The first kappa shape index (κ1) is 15.3. The molecule has 2 aliphatic heterocycles. The van der Waals surface area contributed by atoms with E-state index in [9.17, 15) is 0 Å². The van der Waals surface area contributed by atoms with E-state index in [-0.39, 0.29) is 5.41 Å². The molecule has 1 unspecified atom stereocenters. The van der Waals surface area contributed by atoms with Gasteiger partial charge >= 0.3 is 0 Å². The number of hydrogen-bond acceptors (Lipinski definition) is 3. The molecule has 3 heterocycles. The first-order chi connectivity index (χ1) is 11.9. The van der Waals surface area contributed by atoms with Gasteiger partial charge in [-0.1, -0.05) is 41.1 Å². The molecule has 5 rings (SSSR count). The van der Waals surface area contributed by atoms with Crippen LogP contribution in [-0.2, 0) is 5.41 Å². The number of nitrogens with zero attached hydrogens (tertiary/aromatic N) is 1. The summed E-state index contributed by atoms with van der Waals surface area (Å²) in [5.74, 6) is 0. The Kier molecular flexibility index (Phi) is 2.94. The molecule has 1 atom stereocenters. The number of rotatable bonds is 0. The average Bonchev–Trinajstić information content (AvgIpc) is 3.03. The van der Waals surface area contributed by atoms with E-state index in [1.54, 1.807) is 11.3 Å². The molecular weight excluding hydrogens is 350 g/mol. The first-order valence-corrected chi connectivity index (χ1v) is 9.57. The quantitative estimate of drug-likeness (QED) is 0.477. The second-order valence-electron chi connectivity index (χ2n) is 7.28. The summed E-state index contributed by atoms with van der Waals surface area (Å²) in [4.78, 5) is 2.24. The van der Waals surface area contributed by atoms with Gasteiger partial charge in [-0.05, 0) is 55.8 Å². The van der Waals surface area contributed by atoms with Crippen molar-refractivity contribution < 1.29 is 4.74 Å². The zero-order valence-corrected chi connectivity index (χ0v) is 15.9. The van der Waals surface area contributed by atoms with Gasteiger partial charge in [-0.25, -0.2) is 0 Å². The minimum atomic E-state index is -0.548. The Morgan fingerprint density at radius 1 is 1.12 bits per heavy atom. The van der Waals surface area contributed by atoms with Crippen LogP contribution < -0.4 is 9.64 Å². The molecule has 2 aliphatic rings. The van der Waals surface area contributed by atoms with Crippen LogP contribution in [0.15, 0.2) is 48.5 Å². The first-order valence-electron chi connectivity index (χ1n) is 8.38. The van der Waals surface area contributed by atoms with E-state index in [0.29, 0.717) is 0 Å². The van der Waals surface area contributed by atoms with Crippen molar-refractivity contribution in [3.63, 3.8) is 0 Å². The highest BCUT2D eigenvalue weighted by molar-refractivity contribution is 7.21. The van der Waals surface area contributed by atoms with Crippen LogP contribution in [0.4, 0.5) is 5.69 Å². The van der Waals surface area contributed by atoms with E-state index >= 15 is 0 Å². The Bertz CT molecular complexity index is 1050. The molecule has 25 heavy (non-hydrogen) atoms. The third-order valence-corrected chi connectivity index (χ3v) is 7.01. The Morgan fingerprint density at radius 3 is 2.76 bits per heavy atom. The molecule has 1 aromatic heterocycles. The molecule has 2 aromatic carbocycles. The minimum Gasteiger partial charge on any atom is -0.453 e. The maximum absolute atomic E-state index is 6.73. The molecule has 0 amide bonds. The van der Waals surface area contributed by atoms with Gasteiger partial charge in [0, 0.05) is 33.4 Å². The zero-order valence-electron chi connectivity index (χ0n) is 14.3. The summed E-state index contributed by atoms with van der Waals surface area (Å²) in [6, 6.07) is 14.6. The molecule has 0 aliphatic carbocycles. The Hall–Kier alpha value is -1.97. The maximum Gasteiger partial charge on any atom is 0.212 e. The fourth-order valence-electron chi connectivity index (χ4n) is 4.26. The number of anilines is 1. The highest BCUT2D eigenvalue weighted by Crippen LogP contribution is 2.56. The van der Waals surface area contributed by atoms with Gasteiger partial charge in [-0.3, -0.25) is 0 Å². The molecule has 0 saturated carbocycles. The average molecular weight is 368 g/mol. The molecule has 0 N–H and O–H groups in total. The van der Waals surface area contributed by atoms with Crippen LogP contribution in [0, 0.1) is 0 Å². The van der Waals surface area contributed by atoms with Gasteiger partial charge in [0.2, 0.25) is 5.72 Å². The SMILES string of the molecule is CN1c2ccc(Cl)cc2C(C)(C)C12C=Cc1c(sc3ccccc13)O2. The van der Waals surface area contributed by atoms with Crippen molar-refractivity contribution in [2.75, 3.05) is 11.9 Å². The Balaban J connectivity index is 1.71. The summed E-state index contributed by atoms with van der Waals surface area (Å²) >= 11 is 8.00. The topological polar surface area (TPSA) is 12.5 Å². The molecule has 3 aromatic rings. The predicted octanol–water partition coefficient (Wildman–Crippen LogP) is 6.08. The van der Waals surface area contributed by atoms with Crippen LogP contribution >= 0.6 is 22.9 Å². The second-order valence-corrected chi connectivity index (χ2v) is 8.73. The van der Waals surface area contributed by atoms with Gasteiger partial charge in [0.1, 0.15) is 0 Å². The van der Waals surface area contributed by atoms with Crippen LogP contribution in [0.2, 0.25) is 5.02 Å².